The van der Waals surface area contributed by atoms with Crippen LogP contribution >= 0.6 is 23.1 Å². The van der Waals surface area contributed by atoms with Crippen LogP contribution in [0.4, 0.5) is 10.5 Å². The number of benzene rings is 1. The zero-order chi connectivity index (χ0) is 17.2. The first-order valence-electron chi connectivity index (χ1n) is 7.38. The van der Waals surface area contributed by atoms with Crippen LogP contribution in [-0.2, 0) is 9.84 Å². The predicted molar refractivity (Wildman–Crippen MR) is 96.6 cm³/mol. The van der Waals surface area contributed by atoms with Crippen LogP contribution in [0.15, 0.2) is 38.9 Å². The Bertz CT molecular complexity index is 831. The van der Waals surface area contributed by atoms with Crippen molar-refractivity contribution in [1.82, 2.24) is 10.3 Å². The molecule has 0 spiro atoms. The van der Waals surface area contributed by atoms with Gasteiger partial charge in [-0.2, -0.15) is 0 Å². The molecular formula is C15H17N3O3S3. The van der Waals surface area contributed by atoms with Crippen LogP contribution in [-0.4, -0.2) is 37.0 Å². The number of hydrogen-bond donors (Lipinski definition) is 2. The van der Waals surface area contributed by atoms with Gasteiger partial charge in [0.05, 0.1) is 11.5 Å². The van der Waals surface area contributed by atoms with Crippen LogP contribution in [0, 0.1) is 6.92 Å². The van der Waals surface area contributed by atoms with E-state index < -0.39 is 9.84 Å². The molecule has 6 nitrogen and oxygen atoms in total. The lowest BCUT2D eigenvalue weighted by molar-refractivity contribution is 0.249. The van der Waals surface area contributed by atoms with Crippen molar-refractivity contribution in [2.75, 3.05) is 16.8 Å². The summed E-state index contributed by atoms with van der Waals surface area (Å²) in [4.78, 5) is 17.4. The van der Waals surface area contributed by atoms with E-state index in [4.69, 9.17) is 0 Å². The number of sulfone groups is 1. The van der Waals surface area contributed by atoms with Gasteiger partial charge in [-0.3, -0.25) is 0 Å². The zero-order valence-electron chi connectivity index (χ0n) is 13.0. The Labute approximate surface area is 149 Å². The number of amides is 2. The summed E-state index contributed by atoms with van der Waals surface area (Å²) in [6, 6.07) is 6.77. The van der Waals surface area contributed by atoms with Crippen LogP contribution in [0.1, 0.15) is 12.1 Å². The van der Waals surface area contributed by atoms with Gasteiger partial charge in [-0.1, -0.05) is 11.8 Å². The van der Waals surface area contributed by atoms with Crippen molar-refractivity contribution in [1.29, 1.82) is 0 Å². The lowest BCUT2D eigenvalue weighted by atomic mass is 10.3. The van der Waals surface area contributed by atoms with Crippen molar-refractivity contribution in [2.24, 2.45) is 0 Å². The van der Waals surface area contributed by atoms with Gasteiger partial charge in [0.2, 0.25) is 0 Å². The second-order valence-corrected chi connectivity index (χ2v) is 9.99. The van der Waals surface area contributed by atoms with Gasteiger partial charge in [-0.15, -0.1) is 11.3 Å². The van der Waals surface area contributed by atoms with E-state index in [1.54, 1.807) is 23.1 Å². The first-order chi connectivity index (χ1) is 11.4. The highest BCUT2D eigenvalue weighted by molar-refractivity contribution is 8.01. The van der Waals surface area contributed by atoms with Crippen molar-refractivity contribution in [3.8, 4) is 0 Å². The van der Waals surface area contributed by atoms with Crippen LogP contribution in [0.25, 0.3) is 0 Å². The first kappa shape index (κ1) is 17.2. The molecule has 0 saturated carbocycles. The van der Waals surface area contributed by atoms with E-state index in [1.165, 1.54) is 0 Å². The Morgan fingerprint density at radius 2 is 2.08 bits per heavy atom. The van der Waals surface area contributed by atoms with E-state index in [2.05, 4.69) is 15.6 Å². The number of aryl methyl sites for hydroxylation is 1. The third-order valence-corrected chi connectivity index (χ3v) is 7.32. The minimum atomic E-state index is -3.00. The molecule has 2 heterocycles. The molecule has 2 amide bonds. The molecule has 1 aliphatic rings. The molecule has 2 aromatic rings. The third kappa shape index (κ3) is 4.71. The molecule has 2 N–H and O–H groups in total. The maximum absolute atomic E-state index is 11.9. The minimum absolute atomic E-state index is 0.0171. The van der Waals surface area contributed by atoms with E-state index >= 15 is 0 Å². The predicted octanol–water partition coefficient (Wildman–Crippen LogP) is 2.91. The number of rotatable bonds is 4. The number of hydrogen-bond acceptors (Lipinski definition) is 6. The monoisotopic (exact) mass is 383 g/mol. The van der Waals surface area contributed by atoms with Crippen molar-refractivity contribution in [2.45, 2.75) is 28.6 Å². The van der Waals surface area contributed by atoms with Crippen LogP contribution in [0.2, 0.25) is 0 Å². The first-order valence-corrected chi connectivity index (χ1v) is 10.9. The molecule has 1 aromatic carbocycles. The zero-order valence-corrected chi connectivity index (χ0v) is 15.4. The number of anilines is 1. The van der Waals surface area contributed by atoms with Gasteiger partial charge in [0, 0.05) is 27.7 Å². The smallest absolute Gasteiger partial charge is 0.319 e. The molecule has 0 aliphatic carbocycles. The van der Waals surface area contributed by atoms with Gasteiger partial charge >= 0.3 is 6.03 Å². The number of carbonyl (C=O) groups is 1. The highest BCUT2D eigenvalue weighted by atomic mass is 32.2. The molecule has 0 bridgehead atoms. The van der Waals surface area contributed by atoms with E-state index in [0.717, 1.165) is 14.9 Å². The van der Waals surface area contributed by atoms with Gasteiger partial charge < -0.3 is 10.6 Å². The molecule has 9 heteroatoms. The maximum atomic E-state index is 11.9. The Morgan fingerprint density at radius 1 is 1.33 bits per heavy atom. The van der Waals surface area contributed by atoms with Crippen LogP contribution in [0.3, 0.4) is 0 Å². The molecule has 128 valence electrons. The topological polar surface area (TPSA) is 88.2 Å². The highest BCUT2D eigenvalue weighted by Gasteiger charge is 2.28. The maximum Gasteiger partial charge on any atom is 0.319 e. The Hall–Kier alpha value is -1.58. The molecule has 1 aromatic heterocycles. The summed E-state index contributed by atoms with van der Waals surface area (Å²) in [5.41, 5.74) is 1.67. The van der Waals surface area contributed by atoms with Crippen LogP contribution in [0.5, 0.6) is 0 Å². The summed E-state index contributed by atoms with van der Waals surface area (Å²) in [7, 11) is -3.00. The van der Waals surface area contributed by atoms with Crippen LogP contribution < -0.4 is 10.6 Å². The lowest BCUT2D eigenvalue weighted by Gasteiger charge is -2.12. The summed E-state index contributed by atoms with van der Waals surface area (Å²) in [6.45, 7) is 1.96. The van der Waals surface area contributed by atoms with Crippen molar-refractivity contribution < 1.29 is 13.2 Å². The van der Waals surface area contributed by atoms with Crippen molar-refractivity contribution in [3.05, 3.63) is 35.3 Å². The highest BCUT2D eigenvalue weighted by Crippen LogP contribution is 2.30. The number of carbonyl (C=O) groups excluding carboxylic acids is 1. The minimum Gasteiger partial charge on any atom is -0.334 e. The van der Waals surface area contributed by atoms with Gasteiger partial charge in [0.25, 0.3) is 0 Å². The summed E-state index contributed by atoms with van der Waals surface area (Å²) < 4.78 is 23.8. The largest absolute Gasteiger partial charge is 0.334 e. The summed E-state index contributed by atoms with van der Waals surface area (Å²) in [5, 5.41) is 7.43. The fourth-order valence-corrected chi connectivity index (χ4v) is 5.83. The molecule has 1 saturated heterocycles. The van der Waals surface area contributed by atoms with Gasteiger partial charge in [-0.05, 0) is 37.6 Å². The average molecular weight is 384 g/mol. The molecule has 1 fully saturated rings. The average Bonchev–Trinajstić information content (AvgIpc) is 3.06. The Balaban J connectivity index is 1.53. The molecule has 3 rings (SSSR count). The second-order valence-electron chi connectivity index (χ2n) is 5.58. The lowest BCUT2D eigenvalue weighted by Crippen LogP contribution is -2.38. The summed E-state index contributed by atoms with van der Waals surface area (Å²) >= 11 is 3.17. The van der Waals surface area contributed by atoms with Crippen molar-refractivity contribution >= 4 is 44.7 Å². The van der Waals surface area contributed by atoms with E-state index in [0.29, 0.717) is 12.1 Å². The summed E-state index contributed by atoms with van der Waals surface area (Å²) in [5.74, 6) is 0.156. The third-order valence-electron chi connectivity index (χ3n) is 3.48. The number of nitrogens with one attached hydrogen (secondary N) is 2. The SMILES string of the molecule is Cc1csc(Sc2ccc(NC(=O)NC3CCS(=O)(=O)C3)cc2)n1. The van der Waals surface area contributed by atoms with E-state index in [-0.39, 0.29) is 23.6 Å². The quantitative estimate of drug-likeness (QED) is 0.847. The standard InChI is InChI=1S/C15H17N3O3S3/c1-10-8-22-15(16-10)23-13-4-2-11(3-5-13)17-14(19)18-12-6-7-24(20,21)9-12/h2-5,8,12H,6-7,9H2,1H3,(H2,17,18,19). The number of nitrogens with zero attached hydrogens (tertiary/aromatic N) is 1. The molecule has 0 radical (unpaired) electrons. The molecule has 24 heavy (non-hydrogen) atoms. The fourth-order valence-electron chi connectivity index (χ4n) is 2.35. The molecule has 1 aliphatic heterocycles. The fraction of sp³-hybridized carbons (Fsp3) is 0.333. The number of aromatic nitrogens is 1. The normalized spacial score (nSPS) is 19.1. The number of urea groups is 1. The second kappa shape index (κ2) is 7.12. The molecule has 1 atom stereocenters. The van der Waals surface area contributed by atoms with Crippen molar-refractivity contribution in [3.63, 3.8) is 0 Å². The van der Waals surface area contributed by atoms with Gasteiger partial charge in [0.1, 0.15) is 0 Å². The van der Waals surface area contributed by atoms with Gasteiger partial charge in [-0.25, -0.2) is 18.2 Å². The van der Waals surface area contributed by atoms with E-state index in [9.17, 15) is 13.2 Å². The summed E-state index contributed by atoms with van der Waals surface area (Å²) in [6.07, 6.45) is 0.471. The molecular weight excluding hydrogens is 366 g/mol. The van der Waals surface area contributed by atoms with Gasteiger partial charge in [0.15, 0.2) is 14.2 Å². The Kier molecular flexibility index (Phi) is 5.12. The Morgan fingerprint density at radius 3 is 2.67 bits per heavy atom. The van der Waals surface area contributed by atoms with E-state index in [1.807, 2.05) is 36.6 Å². The number of thiazole rings is 1. The molecule has 1 unspecified atom stereocenters.